The first-order valence-corrected chi connectivity index (χ1v) is 7.55. The first kappa shape index (κ1) is 12.9. The topological polar surface area (TPSA) is 0 Å². The molecule has 0 radical (unpaired) electrons. The number of hydrogen-bond acceptors (Lipinski definition) is 0. The van der Waals surface area contributed by atoms with E-state index in [1.165, 1.54) is 26.7 Å². The van der Waals surface area contributed by atoms with E-state index in [0.717, 1.165) is 0 Å². The van der Waals surface area contributed by atoms with E-state index in [1.807, 2.05) is 0 Å². The first-order chi connectivity index (χ1) is 8.87. The van der Waals surface area contributed by atoms with Crippen molar-refractivity contribution in [2.75, 3.05) is 0 Å². The van der Waals surface area contributed by atoms with Gasteiger partial charge in [0, 0.05) is 15.3 Å². The van der Waals surface area contributed by atoms with Crippen LogP contribution >= 0.6 is 15.9 Å². The first-order valence-electron chi connectivity index (χ1n) is 6.76. The lowest BCUT2D eigenvalue weighted by Crippen LogP contribution is -2.36. The van der Waals surface area contributed by atoms with Crippen molar-refractivity contribution in [1.29, 1.82) is 0 Å². The fourth-order valence-corrected chi connectivity index (χ4v) is 4.39. The van der Waals surface area contributed by atoms with E-state index in [-0.39, 0.29) is 10.8 Å². The lowest BCUT2D eigenvalue weighted by Gasteiger charge is -2.44. The monoisotopic (exact) mass is 314 g/mol. The summed E-state index contributed by atoms with van der Waals surface area (Å²) in [6.07, 6.45) is 0. The normalized spacial score (nSPS) is 18.6. The Morgan fingerprint density at radius 1 is 0.684 bits per heavy atom. The van der Waals surface area contributed by atoms with E-state index < -0.39 is 0 Å². The van der Waals surface area contributed by atoms with Gasteiger partial charge in [0.05, 0.1) is 0 Å². The third-order valence-electron chi connectivity index (χ3n) is 4.59. The molecule has 0 fully saturated rings. The molecule has 0 saturated carbocycles. The summed E-state index contributed by atoms with van der Waals surface area (Å²) in [5.74, 6) is 0. The zero-order chi connectivity index (χ0) is 13.8. The highest BCUT2D eigenvalue weighted by molar-refractivity contribution is 9.10. The molecule has 0 N–H and O–H groups in total. The SMILES string of the molecule is CC1(C)c2ccccc2C(C)(C)c2c(Br)cccc21. The van der Waals surface area contributed by atoms with Crippen LogP contribution < -0.4 is 0 Å². The third kappa shape index (κ3) is 1.64. The Morgan fingerprint density at radius 2 is 1.21 bits per heavy atom. The summed E-state index contributed by atoms with van der Waals surface area (Å²) >= 11 is 3.76. The van der Waals surface area contributed by atoms with Crippen LogP contribution in [-0.2, 0) is 10.8 Å². The molecule has 1 heteroatoms. The molecule has 1 aliphatic carbocycles. The molecule has 1 aliphatic rings. The van der Waals surface area contributed by atoms with Gasteiger partial charge in [0.25, 0.3) is 0 Å². The molecule has 0 unspecified atom stereocenters. The highest BCUT2D eigenvalue weighted by atomic mass is 79.9. The average molecular weight is 315 g/mol. The molecule has 0 bridgehead atoms. The predicted octanol–water partition coefficient (Wildman–Crippen LogP) is 5.41. The number of fused-ring (bicyclic) bond motifs is 2. The Kier molecular flexibility index (Phi) is 2.69. The largest absolute Gasteiger partial charge is 0.0619 e. The lowest BCUT2D eigenvalue weighted by atomic mass is 9.60. The smallest absolute Gasteiger partial charge is 0.0219 e. The summed E-state index contributed by atoms with van der Waals surface area (Å²) in [7, 11) is 0. The van der Waals surface area contributed by atoms with Crippen molar-refractivity contribution in [3.8, 4) is 0 Å². The van der Waals surface area contributed by atoms with Gasteiger partial charge < -0.3 is 0 Å². The van der Waals surface area contributed by atoms with Crippen LogP contribution in [-0.4, -0.2) is 0 Å². The van der Waals surface area contributed by atoms with Crippen LogP contribution in [0.25, 0.3) is 0 Å². The Labute approximate surface area is 124 Å². The van der Waals surface area contributed by atoms with E-state index >= 15 is 0 Å². The highest BCUT2D eigenvalue weighted by Crippen LogP contribution is 2.51. The van der Waals surface area contributed by atoms with Gasteiger partial charge >= 0.3 is 0 Å². The average Bonchev–Trinajstić information content (AvgIpc) is 2.37. The van der Waals surface area contributed by atoms with E-state index in [1.54, 1.807) is 0 Å². The quantitative estimate of drug-likeness (QED) is 0.609. The zero-order valence-electron chi connectivity index (χ0n) is 11.9. The highest BCUT2D eigenvalue weighted by Gasteiger charge is 2.42. The molecule has 0 saturated heterocycles. The molecule has 2 aromatic carbocycles. The summed E-state index contributed by atoms with van der Waals surface area (Å²) in [6, 6.07) is 15.4. The molecule has 19 heavy (non-hydrogen) atoms. The van der Waals surface area contributed by atoms with Crippen LogP contribution in [0.3, 0.4) is 0 Å². The van der Waals surface area contributed by atoms with Crippen molar-refractivity contribution >= 4 is 15.9 Å². The second-order valence-corrected chi connectivity index (χ2v) is 7.31. The Morgan fingerprint density at radius 3 is 1.84 bits per heavy atom. The van der Waals surface area contributed by atoms with Gasteiger partial charge in [-0.05, 0) is 28.3 Å². The molecule has 0 aromatic heterocycles. The lowest BCUT2D eigenvalue weighted by molar-refractivity contribution is 0.518. The minimum Gasteiger partial charge on any atom is -0.0619 e. The van der Waals surface area contributed by atoms with Gasteiger partial charge in [0.1, 0.15) is 0 Å². The minimum atomic E-state index is 0.0432. The van der Waals surface area contributed by atoms with E-state index in [0.29, 0.717) is 0 Å². The molecule has 2 aromatic rings. The molecule has 0 atom stereocenters. The maximum absolute atomic E-state index is 3.76. The molecule has 0 amide bonds. The number of rotatable bonds is 0. The van der Waals surface area contributed by atoms with Gasteiger partial charge in [-0.2, -0.15) is 0 Å². The zero-order valence-corrected chi connectivity index (χ0v) is 13.5. The summed E-state index contributed by atoms with van der Waals surface area (Å²) in [5, 5.41) is 0. The van der Waals surface area contributed by atoms with Gasteiger partial charge in [-0.1, -0.05) is 80.0 Å². The van der Waals surface area contributed by atoms with Crippen molar-refractivity contribution in [2.45, 2.75) is 38.5 Å². The van der Waals surface area contributed by atoms with Gasteiger partial charge in [-0.25, -0.2) is 0 Å². The van der Waals surface area contributed by atoms with Crippen LogP contribution in [0.15, 0.2) is 46.9 Å². The van der Waals surface area contributed by atoms with Crippen molar-refractivity contribution in [1.82, 2.24) is 0 Å². The Balaban J connectivity index is 2.44. The summed E-state index contributed by atoms with van der Waals surface area (Å²) in [4.78, 5) is 0. The van der Waals surface area contributed by atoms with Crippen molar-refractivity contribution < 1.29 is 0 Å². The van der Waals surface area contributed by atoms with Crippen LogP contribution in [0.2, 0.25) is 0 Å². The van der Waals surface area contributed by atoms with E-state index in [4.69, 9.17) is 0 Å². The standard InChI is InChI=1S/C18H19Br/c1-17(2)12-8-5-6-9-13(12)18(3,4)16-14(17)10-7-11-15(16)19/h5-11H,1-4H3. The van der Waals surface area contributed by atoms with E-state index in [9.17, 15) is 0 Å². The second kappa shape index (κ2) is 3.96. The van der Waals surface area contributed by atoms with Crippen molar-refractivity contribution in [2.24, 2.45) is 0 Å². The number of benzene rings is 2. The summed E-state index contributed by atoms with van der Waals surface area (Å²) in [6.45, 7) is 9.30. The fourth-order valence-electron chi connectivity index (χ4n) is 3.53. The molecule has 0 spiro atoms. The molecule has 0 aliphatic heterocycles. The van der Waals surface area contributed by atoms with Crippen LogP contribution in [0.1, 0.15) is 49.9 Å². The molecule has 3 rings (SSSR count). The van der Waals surface area contributed by atoms with Gasteiger partial charge in [0.15, 0.2) is 0 Å². The van der Waals surface area contributed by atoms with Gasteiger partial charge in [-0.15, -0.1) is 0 Å². The molecule has 0 heterocycles. The maximum atomic E-state index is 3.76. The third-order valence-corrected chi connectivity index (χ3v) is 5.25. The van der Waals surface area contributed by atoms with Crippen molar-refractivity contribution in [3.05, 3.63) is 69.2 Å². The Hall–Kier alpha value is -1.08. The molecule has 0 nitrogen and oxygen atoms in total. The maximum Gasteiger partial charge on any atom is 0.0219 e. The van der Waals surface area contributed by atoms with Crippen LogP contribution in [0.5, 0.6) is 0 Å². The summed E-state index contributed by atoms with van der Waals surface area (Å²) < 4.78 is 1.22. The fraction of sp³-hybridized carbons (Fsp3) is 0.333. The minimum absolute atomic E-state index is 0.0432. The molecule has 98 valence electrons. The number of hydrogen-bond donors (Lipinski definition) is 0. The second-order valence-electron chi connectivity index (χ2n) is 6.46. The van der Waals surface area contributed by atoms with E-state index in [2.05, 4.69) is 86.1 Å². The molecular weight excluding hydrogens is 296 g/mol. The number of halogens is 1. The summed E-state index contributed by atoms with van der Waals surface area (Å²) in [5.41, 5.74) is 5.86. The Bertz CT molecular complexity index is 650. The van der Waals surface area contributed by atoms with Crippen LogP contribution in [0, 0.1) is 0 Å². The molecular formula is C18H19Br. The van der Waals surface area contributed by atoms with Gasteiger partial charge in [-0.3, -0.25) is 0 Å². The van der Waals surface area contributed by atoms with Crippen molar-refractivity contribution in [3.63, 3.8) is 0 Å². The predicted molar refractivity (Wildman–Crippen MR) is 84.8 cm³/mol. The van der Waals surface area contributed by atoms with Crippen LogP contribution in [0.4, 0.5) is 0 Å². The van der Waals surface area contributed by atoms with Gasteiger partial charge in [0.2, 0.25) is 0 Å².